The minimum Gasteiger partial charge on any atom is -0.480 e. The monoisotopic (exact) mass is 441 g/mol. The van der Waals surface area contributed by atoms with Crippen molar-refractivity contribution >= 4 is 22.8 Å². The summed E-state index contributed by atoms with van der Waals surface area (Å²) in [6.45, 7) is 0. The van der Waals surface area contributed by atoms with E-state index in [9.17, 15) is 19.8 Å². The molecule has 1 heterocycles. The number of hydrogen-bond donors (Lipinski definition) is 3. The number of carboxylic acids is 2. The lowest BCUT2D eigenvalue weighted by Gasteiger charge is -2.30. The van der Waals surface area contributed by atoms with Crippen LogP contribution in [-0.2, 0) is 22.4 Å². The predicted molar refractivity (Wildman–Crippen MR) is 128 cm³/mol. The highest BCUT2D eigenvalue weighted by Gasteiger charge is 2.47. The molecule has 0 saturated heterocycles. The molecule has 0 aliphatic heterocycles. The maximum Gasteiger partial charge on any atom is 0.321 e. The van der Waals surface area contributed by atoms with Crippen LogP contribution in [0.1, 0.15) is 35.6 Å². The number of fused-ring (bicyclic) bond motifs is 1. The van der Waals surface area contributed by atoms with Crippen LogP contribution in [0.3, 0.4) is 0 Å². The van der Waals surface area contributed by atoms with Gasteiger partial charge in [0.05, 0.1) is 0 Å². The second-order valence-electron chi connectivity index (χ2n) is 8.58. The highest BCUT2D eigenvalue weighted by molar-refractivity contribution is 5.98. The SMILES string of the molecule is O=C(O)C(CCc1ccccc1)(CC(Cc1cc2ccccc2[nH]1)c1ccccc1)C(=O)O. The van der Waals surface area contributed by atoms with Crippen molar-refractivity contribution in [2.45, 2.75) is 31.6 Å². The number of benzene rings is 3. The standard InChI is InChI=1S/C28H27NO4/c30-26(31)28(27(32)33,16-15-20-9-3-1-4-10-20)19-23(21-11-5-2-6-12-21)18-24-17-22-13-7-8-14-25(22)29-24/h1-14,17,23,29H,15-16,18-19H2,(H,30,31)(H,32,33). The maximum atomic E-state index is 12.5. The number of carboxylic acid groups (broad SMARTS) is 2. The molecule has 4 rings (SSSR count). The summed E-state index contributed by atoms with van der Waals surface area (Å²) in [5, 5.41) is 21.4. The third kappa shape index (κ3) is 4.98. The van der Waals surface area contributed by atoms with Crippen LogP contribution in [0.15, 0.2) is 91.0 Å². The van der Waals surface area contributed by atoms with E-state index in [1.807, 2.05) is 84.9 Å². The molecule has 0 amide bonds. The Morgan fingerprint density at radius 1 is 0.818 bits per heavy atom. The zero-order valence-electron chi connectivity index (χ0n) is 18.3. The molecule has 0 spiro atoms. The molecule has 3 N–H and O–H groups in total. The molecule has 3 aromatic carbocycles. The van der Waals surface area contributed by atoms with Crippen molar-refractivity contribution in [1.82, 2.24) is 4.98 Å². The number of para-hydroxylation sites is 1. The van der Waals surface area contributed by atoms with E-state index >= 15 is 0 Å². The Kier molecular flexibility index (Phi) is 6.59. The van der Waals surface area contributed by atoms with Gasteiger partial charge in [0.2, 0.25) is 0 Å². The molecular weight excluding hydrogens is 414 g/mol. The first-order chi connectivity index (χ1) is 16.0. The first-order valence-corrected chi connectivity index (χ1v) is 11.1. The maximum absolute atomic E-state index is 12.5. The number of H-pyrrole nitrogens is 1. The summed E-state index contributed by atoms with van der Waals surface area (Å²) in [6.07, 6.45) is 0.932. The largest absolute Gasteiger partial charge is 0.480 e. The smallest absolute Gasteiger partial charge is 0.321 e. The van der Waals surface area contributed by atoms with Crippen molar-refractivity contribution in [3.63, 3.8) is 0 Å². The lowest BCUT2D eigenvalue weighted by Crippen LogP contribution is -2.41. The molecule has 0 fully saturated rings. The van der Waals surface area contributed by atoms with Gasteiger partial charge < -0.3 is 15.2 Å². The first kappa shape index (κ1) is 22.3. The van der Waals surface area contributed by atoms with Gasteiger partial charge in [-0.3, -0.25) is 9.59 Å². The van der Waals surface area contributed by atoms with Crippen LogP contribution in [0.5, 0.6) is 0 Å². The van der Waals surface area contributed by atoms with Gasteiger partial charge >= 0.3 is 11.9 Å². The van der Waals surface area contributed by atoms with Gasteiger partial charge in [-0.2, -0.15) is 0 Å². The number of aromatic amines is 1. The molecule has 5 heteroatoms. The Bertz CT molecular complexity index is 1180. The molecule has 0 saturated carbocycles. The molecule has 0 aliphatic rings. The Morgan fingerprint density at radius 2 is 1.42 bits per heavy atom. The highest BCUT2D eigenvalue weighted by Crippen LogP contribution is 2.39. The van der Waals surface area contributed by atoms with Crippen molar-refractivity contribution in [3.05, 3.63) is 108 Å². The van der Waals surface area contributed by atoms with Gasteiger partial charge in [-0.25, -0.2) is 0 Å². The Hall–Kier alpha value is -3.86. The van der Waals surface area contributed by atoms with Crippen molar-refractivity contribution in [1.29, 1.82) is 0 Å². The van der Waals surface area contributed by atoms with Crippen molar-refractivity contribution in [2.75, 3.05) is 0 Å². The normalized spacial score (nSPS) is 12.5. The highest BCUT2D eigenvalue weighted by atomic mass is 16.4. The topological polar surface area (TPSA) is 90.4 Å². The van der Waals surface area contributed by atoms with Crippen LogP contribution in [-0.4, -0.2) is 27.1 Å². The first-order valence-electron chi connectivity index (χ1n) is 11.1. The summed E-state index contributed by atoms with van der Waals surface area (Å²) >= 11 is 0. The van der Waals surface area contributed by atoms with Gasteiger partial charge in [-0.1, -0.05) is 78.9 Å². The van der Waals surface area contributed by atoms with Crippen LogP contribution >= 0.6 is 0 Å². The lowest BCUT2D eigenvalue weighted by atomic mass is 9.72. The summed E-state index contributed by atoms with van der Waals surface area (Å²) in [4.78, 5) is 28.3. The second-order valence-corrected chi connectivity index (χ2v) is 8.58. The van der Waals surface area contributed by atoms with E-state index in [1.54, 1.807) is 0 Å². The quantitative estimate of drug-likeness (QED) is 0.277. The molecule has 5 nitrogen and oxygen atoms in total. The molecule has 0 bridgehead atoms. The number of aryl methyl sites for hydroxylation is 1. The number of hydrogen-bond acceptors (Lipinski definition) is 2. The van der Waals surface area contributed by atoms with Gasteiger partial charge in [0.1, 0.15) is 0 Å². The number of aromatic nitrogens is 1. The third-order valence-corrected chi connectivity index (χ3v) is 6.42. The second kappa shape index (κ2) is 9.74. The van der Waals surface area contributed by atoms with Crippen molar-refractivity contribution < 1.29 is 19.8 Å². The summed E-state index contributed by atoms with van der Waals surface area (Å²) in [5.74, 6) is -2.85. The van der Waals surface area contributed by atoms with Crippen LogP contribution < -0.4 is 0 Å². The van der Waals surface area contributed by atoms with Crippen LogP contribution in [0, 0.1) is 5.41 Å². The van der Waals surface area contributed by atoms with Gasteiger partial charge in [0, 0.05) is 11.2 Å². The van der Waals surface area contributed by atoms with E-state index < -0.39 is 17.4 Å². The van der Waals surface area contributed by atoms with Gasteiger partial charge in [0.25, 0.3) is 0 Å². The molecule has 4 aromatic rings. The van der Waals surface area contributed by atoms with Crippen LogP contribution in [0.25, 0.3) is 10.9 Å². The summed E-state index contributed by atoms with van der Waals surface area (Å²) in [5.41, 5.74) is 1.94. The lowest BCUT2D eigenvalue weighted by molar-refractivity contribution is -0.166. The van der Waals surface area contributed by atoms with E-state index in [1.165, 1.54) is 0 Å². The molecule has 1 unspecified atom stereocenters. The minimum absolute atomic E-state index is 0.00385. The van der Waals surface area contributed by atoms with Gasteiger partial charge in [0.15, 0.2) is 5.41 Å². The van der Waals surface area contributed by atoms with E-state index in [2.05, 4.69) is 11.1 Å². The zero-order valence-corrected chi connectivity index (χ0v) is 18.3. The Labute approximate surface area is 192 Å². The average Bonchev–Trinajstić information content (AvgIpc) is 3.24. The fourth-order valence-corrected chi connectivity index (χ4v) is 4.55. The Morgan fingerprint density at radius 3 is 2.06 bits per heavy atom. The molecular formula is C28H27NO4. The average molecular weight is 442 g/mol. The van der Waals surface area contributed by atoms with E-state index in [4.69, 9.17) is 0 Å². The fourth-order valence-electron chi connectivity index (χ4n) is 4.55. The third-order valence-electron chi connectivity index (χ3n) is 6.42. The molecule has 1 atom stereocenters. The number of carbonyl (C=O) groups is 2. The van der Waals surface area contributed by atoms with Crippen LogP contribution in [0.4, 0.5) is 0 Å². The van der Waals surface area contributed by atoms with Crippen molar-refractivity contribution in [3.8, 4) is 0 Å². The van der Waals surface area contributed by atoms with Gasteiger partial charge in [-0.05, 0) is 60.2 Å². The molecule has 1 aromatic heterocycles. The molecule has 0 radical (unpaired) electrons. The minimum atomic E-state index is -1.89. The summed E-state index contributed by atoms with van der Waals surface area (Å²) in [7, 11) is 0. The summed E-state index contributed by atoms with van der Waals surface area (Å²) < 4.78 is 0. The van der Waals surface area contributed by atoms with E-state index in [0.717, 1.165) is 27.7 Å². The Balaban J connectivity index is 1.67. The number of aliphatic carboxylic acids is 2. The van der Waals surface area contributed by atoms with E-state index in [-0.39, 0.29) is 18.8 Å². The van der Waals surface area contributed by atoms with E-state index in [0.29, 0.717) is 12.8 Å². The van der Waals surface area contributed by atoms with Gasteiger partial charge in [-0.15, -0.1) is 0 Å². The zero-order chi connectivity index (χ0) is 23.3. The number of nitrogens with one attached hydrogen (secondary N) is 1. The summed E-state index contributed by atoms with van der Waals surface area (Å²) in [6, 6.07) is 29.0. The number of rotatable bonds is 10. The molecule has 168 valence electrons. The molecule has 33 heavy (non-hydrogen) atoms. The fraction of sp³-hybridized carbons (Fsp3) is 0.214. The molecule has 0 aliphatic carbocycles. The van der Waals surface area contributed by atoms with Crippen molar-refractivity contribution in [2.24, 2.45) is 5.41 Å². The predicted octanol–water partition coefficient (Wildman–Crippen LogP) is 5.67. The van der Waals surface area contributed by atoms with Crippen LogP contribution in [0.2, 0.25) is 0 Å².